The van der Waals surface area contributed by atoms with E-state index in [-0.39, 0.29) is 6.04 Å². The lowest BCUT2D eigenvalue weighted by Crippen LogP contribution is -2.24. The highest BCUT2D eigenvalue weighted by molar-refractivity contribution is 5.31. The van der Waals surface area contributed by atoms with Gasteiger partial charge >= 0.3 is 0 Å². The summed E-state index contributed by atoms with van der Waals surface area (Å²) < 4.78 is 7.52. The first kappa shape index (κ1) is 13.5. The van der Waals surface area contributed by atoms with Crippen molar-refractivity contribution >= 4 is 0 Å². The van der Waals surface area contributed by atoms with E-state index in [2.05, 4.69) is 22.2 Å². The molecular formula is C14H20N4O. The highest BCUT2D eigenvalue weighted by Gasteiger charge is 2.17. The monoisotopic (exact) mass is 260 g/mol. The number of pyridine rings is 1. The zero-order valence-corrected chi connectivity index (χ0v) is 11.6. The minimum atomic E-state index is 0.0745. The molecule has 0 spiro atoms. The van der Waals surface area contributed by atoms with Gasteiger partial charge in [-0.2, -0.15) is 0 Å². The van der Waals surface area contributed by atoms with Gasteiger partial charge in [0.05, 0.1) is 37.1 Å². The van der Waals surface area contributed by atoms with Crippen LogP contribution in [0.1, 0.15) is 31.1 Å². The molecule has 0 radical (unpaired) electrons. The number of ether oxygens (including phenoxy) is 1. The Labute approximate surface area is 113 Å². The molecule has 0 saturated heterocycles. The fraction of sp³-hybridized carbons (Fsp3) is 0.429. The molecule has 5 nitrogen and oxygen atoms in total. The zero-order valence-electron chi connectivity index (χ0n) is 11.6. The van der Waals surface area contributed by atoms with Crippen LogP contribution in [0.15, 0.2) is 31.0 Å². The second-order valence-corrected chi connectivity index (χ2v) is 4.31. The number of imidazole rings is 1. The molecule has 2 aromatic rings. The number of nitrogens with one attached hydrogen (secondary N) is 1. The third-order valence-corrected chi connectivity index (χ3v) is 2.94. The van der Waals surface area contributed by atoms with Crippen LogP contribution in [0.5, 0.6) is 5.75 Å². The first-order chi connectivity index (χ1) is 9.26. The van der Waals surface area contributed by atoms with Gasteiger partial charge in [0.15, 0.2) is 0 Å². The summed E-state index contributed by atoms with van der Waals surface area (Å²) in [6.07, 6.45) is 7.28. The Kier molecular flexibility index (Phi) is 4.52. The van der Waals surface area contributed by atoms with Gasteiger partial charge in [0.2, 0.25) is 0 Å². The molecule has 0 bridgehead atoms. The van der Waals surface area contributed by atoms with E-state index in [1.54, 1.807) is 12.5 Å². The van der Waals surface area contributed by atoms with Crippen LogP contribution in [0.4, 0.5) is 0 Å². The SMILES string of the molecule is CCNC(c1cncc(OCC)c1)c1cncn1C. The Morgan fingerprint density at radius 1 is 1.26 bits per heavy atom. The molecule has 0 saturated carbocycles. The van der Waals surface area contributed by atoms with Crippen molar-refractivity contribution in [1.82, 2.24) is 19.9 Å². The van der Waals surface area contributed by atoms with Crippen molar-refractivity contribution in [1.29, 1.82) is 0 Å². The van der Waals surface area contributed by atoms with E-state index in [9.17, 15) is 0 Å². The number of rotatable bonds is 6. The largest absolute Gasteiger partial charge is 0.492 e. The number of nitrogens with zero attached hydrogens (tertiary/aromatic N) is 3. The van der Waals surface area contributed by atoms with E-state index in [1.165, 1.54) is 0 Å². The Morgan fingerprint density at radius 3 is 2.74 bits per heavy atom. The van der Waals surface area contributed by atoms with E-state index in [0.717, 1.165) is 23.6 Å². The van der Waals surface area contributed by atoms with E-state index in [4.69, 9.17) is 4.74 Å². The van der Waals surface area contributed by atoms with E-state index >= 15 is 0 Å². The Hall–Kier alpha value is -1.88. The minimum absolute atomic E-state index is 0.0745. The van der Waals surface area contributed by atoms with Crippen LogP contribution >= 0.6 is 0 Å². The van der Waals surface area contributed by atoms with Crippen molar-refractivity contribution in [3.8, 4) is 5.75 Å². The van der Waals surface area contributed by atoms with Gasteiger partial charge in [-0.25, -0.2) is 4.98 Å². The molecule has 1 N–H and O–H groups in total. The van der Waals surface area contributed by atoms with Crippen molar-refractivity contribution in [2.75, 3.05) is 13.2 Å². The first-order valence-electron chi connectivity index (χ1n) is 6.53. The second-order valence-electron chi connectivity index (χ2n) is 4.31. The number of aryl methyl sites for hydroxylation is 1. The van der Waals surface area contributed by atoms with Crippen molar-refractivity contribution in [3.05, 3.63) is 42.2 Å². The van der Waals surface area contributed by atoms with Crippen molar-refractivity contribution in [2.45, 2.75) is 19.9 Å². The van der Waals surface area contributed by atoms with Gasteiger partial charge in [0.25, 0.3) is 0 Å². The van der Waals surface area contributed by atoms with Gasteiger partial charge in [-0.15, -0.1) is 0 Å². The second kappa shape index (κ2) is 6.33. The molecule has 0 aliphatic carbocycles. The lowest BCUT2D eigenvalue weighted by Gasteiger charge is -2.19. The molecule has 19 heavy (non-hydrogen) atoms. The normalized spacial score (nSPS) is 12.4. The molecule has 0 aliphatic rings. The van der Waals surface area contributed by atoms with Gasteiger partial charge < -0.3 is 14.6 Å². The van der Waals surface area contributed by atoms with Crippen LogP contribution in [-0.4, -0.2) is 27.7 Å². The van der Waals surface area contributed by atoms with Gasteiger partial charge in [0, 0.05) is 13.2 Å². The van der Waals surface area contributed by atoms with Crippen molar-refractivity contribution < 1.29 is 4.74 Å². The average molecular weight is 260 g/mol. The lowest BCUT2D eigenvalue weighted by molar-refractivity contribution is 0.338. The Balaban J connectivity index is 2.33. The molecule has 0 aromatic carbocycles. The number of hydrogen-bond donors (Lipinski definition) is 1. The fourth-order valence-corrected chi connectivity index (χ4v) is 2.08. The molecule has 2 aromatic heterocycles. The van der Waals surface area contributed by atoms with Crippen LogP contribution in [0.3, 0.4) is 0 Å². The zero-order chi connectivity index (χ0) is 13.7. The summed E-state index contributed by atoms with van der Waals surface area (Å²) in [4.78, 5) is 8.43. The van der Waals surface area contributed by atoms with Crippen LogP contribution < -0.4 is 10.1 Å². The van der Waals surface area contributed by atoms with Crippen LogP contribution in [0, 0.1) is 0 Å². The van der Waals surface area contributed by atoms with Crippen LogP contribution in [-0.2, 0) is 7.05 Å². The molecule has 0 amide bonds. The maximum Gasteiger partial charge on any atom is 0.137 e. The average Bonchev–Trinajstić information content (AvgIpc) is 2.83. The highest BCUT2D eigenvalue weighted by Crippen LogP contribution is 2.23. The van der Waals surface area contributed by atoms with Gasteiger partial charge in [-0.05, 0) is 25.1 Å². The molecule has 0 fully saturated rings. The minimum Gasteiger partial charge on any atom is -0.492 e. The van der Waals surface area contributed by atoms with Crippen molar-refractivity contribution in [3.63, 3.8) is 0 Å². The Morgan fingerprint density at radius 2 is 2.11 bits per heavy atom. The summed E-state index contributed by atoms with van der Waals surface area (Å²) in [5, 5.41) is 3.46. The van der Waals surface area contributed by atoms with Gasteiger partial charge in [0.1, 0.15) is 5.75 Å². The predicted molar refractivity (Wildman–Crippen MR) is 74.1 cm³/mol. The standard InChI is InChI=1S/C14H20N4O/c1-4-17-14(13-9-16-10-18(13)3)11-6-12(19-5-2)8-15-7-11/h6-10,14,17H,4-5H2,1-3H3. The lowest BCUT2D eigenvalue weighted by atomic mass is 10.1. The summed E-state index contributed by atoms with van der Waals surface area (Å²) in [5.41, 5.74) is 2.19. The van der Waals surface area contributed by atoms with Crippen molar-refractivity contribution in [2.24, 2.45) is 7.05 Å². The van der Waals surface area contributed by atoms with E-state index in [0.29, 0.717) is 6.61 Å². The number of hydrogen-bond acceptors (Lipinski definition) is 4. The molecule has 1 atom stereocenters. The molecule has 2 rings (SSSR count). The molecule has 5 heteroatoms. The van der Waals surface area contributed by atoms with Gasteiger partial charge in [-0.3, -0.25) is 4.98 Å². The summed E-state index contributed by atoms with van der Waals surface area (Å²) >= 11 is 0. The maximum absolute atomic E-state index is 5.51. The third kappa shape index (κ3) is 3.12. The summed E-state index contributed by atoms with van der Waals surface area (Å²) in [5.74, 6) is 0.796. The smallest absolute Gasteiger partial charge is 0.137 e. The van der Waals surface area contributed by atoms with E-state index in [1.807, 2.05) is 37.0 Å². The van der Waals surface area contributed by atoms with E-state index < -0.39 is 0 Å². The molecule has 2 heterocycles. The van der Waals surface area contributed by atoms with Crippen LogP contribution in [0.2, 0.25) is 0 Å². The quantitative estimate of drug-likeness (QED) is 0.862. The molecule has 1 unspecified atom stereocenters. The summed E-state index contributed by atoms with van der Waals surface area (Å²) in [6.45, 7) is 5.57. The molecular weight excluding hydrogens is 240 g/mol. The Bertz CT molecular complexity index is 524. The maximum atomic E-state index is 5.51. The topological polar surface area (TPSA) is 52.0 Å². The first-order valence-corrected chi connectivity index (χ1v) is 6.53. The van der Waals surface area contributed by atoms with Crippen LogP contribution in [0.25, 0.3) is 0 Å². The summed E-state index contributed by atoms with van der Waals surface area (Å²) in [7, 11) is 1.99. The molecule has 0 aliphatic heterocycles. The number of aromatic nitrogens is 3. The third-order valence-electron chi connectivity index (χ3n) is 2.94. The molecule has 102 valence electrons. The predicted octanol–water partition coefficient (Wildman–Crippen LogP) is 1.91. The fourth-order valence-electron chi connectivity index (χ4n) is 2.08. The highest BCUT2D eigenvalue weighted by atomic mass is 16.5. The van der Waals surface area contributed by atoms with Gasteiger partial charge in [-0.1, -0.05) is 6.92 Å². The summed E-state index contributed by atoms with van der Waals surface area (Å²) in [6, 6.07) is 2.10.